The summed E-state index contributed by atoms with van der Waals surface area (Å²) < 4.78 is 0. The molecule has 1 saturated heterocycles. The number of nitrogens with one attached hydrogen (secondary N) is 18. The van der Waals surface area contributed by atoms with E-state index >= 15 is 0 Å². The van der Waals surface area contributed by atoms with Crippen LogP contribution in [-0.2, 0) is 110 Å². The van der Waals surface area contributed by atoms with Crippen LogP contribution < -0.4 is 119 Å². The number of carboxylic acid groups (broad SMARTS) is 4. The van der Waals surface area contributed by atoms with Crippen molar-refractivity contribution in [3.8, 4) is 0 Å². The maximum atomic E-state index is 14.6. The van der Waals surface area contributed by atoms with Gasteiger partial charge in [-0.25, -0.2) is 4.79 Å². The molecule has 18 atom stereocenters. The number of carbonyl (C=O) groups is 23. The van der Waals surface area contributed by atoms with E-state index in [1.807, 2.05) is 0 Å². The highest BCUT2D eigenvalue weighted by Gasteiger charge is 2.43. The Morgan fingerprint density at radius 3 is 1.21 bits per heavy atom. The third-order valence-corrected chi connectivity index (χ3v) is 19.8. The minimum atomic E-state index is -2.22. The fourth-order valence-corrected chi connectivity index (χ4v) is 12.8. The average molecular weight is 1870 g/mol. The van der Waals surface area contributed by atoms with Gasteiger partial charge in [-0.15, -0.1) is 0 Å². The number of nitrogens with zero attached hydrogens (tertiary/aromatic N) is 1. The summed E-state index contributed by atoms with van der Waals surface area (Å²) in [6.07, 6.45) is -8.23. The van der Waals surface area contributed by atoms with Crippen LogP contribution in [0.15, 0.2) is 0 Å². The molecule has 0 unspecified atom stereocenters. The molecule has 0 saturated carbocycles. The minimum absolute atomic E-state index is 0.00530. The molecule has 19 amide bonds. The quantitative estimate of drug-likeness (QED) is 0.0153. The number of likely N-dealkylation sites (tertiary alicyclic amines) is 1. The number of guanidine groups is 1. The van der Waals surface area contributed by atoms with Gasteiger partial charge in [0.05, 0.1) is 57.0 Å². The number of nitrogens with two attached hydrogens (primary N) is 5. The maximum absolute atomic E-state index is 14.6. The number of carboxylic acids is 4. The predicted octanol–water partition coefficient (Wildman–Crippen LogP) is -11.4. The Hall–Kier alpha value is -13.1. The first-order chi connectivity index (χ1) is 60.9. The maximum Gasteiger partial charge on any atom is 0.326 e. The van der Waals surface area contributed by atoms with E-state index in [1.54, 1.807) is 27.7 Å². The number of amides is 19. The Morgan fingerprint density at radius 1 is 0.382 bits per heavy atom. The fraction of sp³-hybridized carbons (Fsp3) is 0.692. The number of rotatable bonds is 61. The van der Waals surface area contributed by atoms with Gasteiger partial charge in [0.25, 0.3) is 0 Å². The van der Waals surface area contributed by atoms with E-state index in [4.69, 9.17) is 34.1 Å². The van der Waals surface area contributed by atoms with Crippen LogP contribution >= 0.6 is 0 Å². The van der Waals surface area contributed by atoms with Gasteiger partial charge >= 0.3 is 23.9 Å². The van der Waals surface area contributed by atoms with Gasteiger partial charge in [0.15, 0.2) is 5.96 Å². The van der Waals surface area contributed by atoms with Crippen molar-refractivity contribution in [3.63, 3.8) is 0 Å². The Balaban J connectivity index is 3.43. The van der Waals surface area contributed by atoms with E-state index in [0.29, 0.717) is 12.8 Å². The zero-order chi connectivity index (χ0) is 100. The largest absolute Gasteiger partial charge is 0.481 e. The number of hydrogen-bond acceptors (Lipinski definition) is 28. The van der Waals surface area contributed by atoms with Gasteiger partial charge in [-0.3, -0.25) is 111 Å². The van der Waals surface area contributed by atoms with Crippen LogP contribution in [0.4, 0.5) is 0 Å². The molecular formula is C78H132N24O29. The number of carbonyl (C=O) groups excluding carboxylic acids is 19. The fourth-order valence-electron chi connectivity index (χ4n) is 12.8. The number of aliphatic carboxylic acids is 4. The Labute approximate surface area is 754 Å². The summed E-state index contributed by atoms with van der Waals surface area (Å²) in [5, 5.41) is 107. The van der Waals surface area contributed by atoms with Gasteiger partial charge in [-0.2, -0.15) is 0 Å². The molecule has 0 aromatic carbocycles. The molecule has 0 radical (unpaired) electrons. The Bertz CT molecular complexity index is 4060. The van der Waals surface area contributed by atoms with Crippen molar-refractivity contribution in [1.29, 1.82) is 5.41 Å². The molecule has 0 aromatic heterocycles. The lowest BCUT2D eigenvalue weighted by Crippen LogP contribution is -2.62. The number of unbranched alkanes of at least 4 members (excludes halogenated alkanes) is 1. The van der Waals surface area contributed by atoms with Gasteiger partial charge in [0, 0.05) is 19.5 Å². The molecule has 1 rings (SSSR count). The Kier molecular flexibility index (Phi) is 51.1. The van der Waals surface area contributed by atoms with E-state index in [-0.39, 0.29) is 89.3 Å². The third kappa shape index (κ3) is 43.7. The number of aliphatic hydroxyl groups is 2. The molecule has 738 valence electrons. The number of aliphatic hydroxyl groups excluding tert-OH is 2. The van der Waals surface area contributed by atoms with Crippen molar-refractivity contribution in [1.82, 2.24) is 95.3 Å². The molecule has 53 nitrogen and oxygen atoms in total. The van der Waals surface area contributed by atoms with E-state index in [0.717, 1.165) is 18.7 Å². The second-order valence-corrected chi connectivity index (χ2v) is 33.0. The smallest absolute Gasteiger partial charge is 0.326 e. The van der Waals surface area contributed by atoms with Crippen LogP contribution in [0.3, 0.4) is 0 Å². The summed E-state index contributed by atoms with van der Waals surface area (Å²) in [7, 11) is 0. The molecule has 53 heteroatoms. The van der Waals surface area contributed by atoms with Gasteiger partial charge in [-0.05, 0) is 122 Å². The van der Waals surface area contributed by atoms with Crippen LogP contribution in [0.25, 0.3) is 0 Å². The molecule has 0 bridgehead atoms. The molecule has 0 spiro atoms. The molecule has 1 aliphatic heterocycles. The molecule has 1 heterocycles. The zero-order valence-corrected chi connectivity index (χ0v) is 75.3. The topological polar surface area (TPSA) is 876 Å². The second-order valence-electron chi connectivity index (χ2n) is 33.0. The van der Waals surface area contributed by atoms with E-state index in [9.17, 15) is 141 Å². The SMILES string of the molecule is CC(C)C[C@H](NC(=O)CNC(=O)[C@@H]1CCCN1C(=O)[C@H](CCCNC(=N)N)NC(=O)[C@H](CC(=O)O)NC(=O)[C@@H](NC(=O)[C@H](CC(N)=O)NC(=O)[C@@H](NC(=O)[C@H](CC(=O)O)NC(=O)CNC(=O)[C@@H](NC(=O)[C@@H](NC(=O)[C@H](C)NC(=O)[C@@H](N)CCC(N)=O)[C@@H](C)O)C(C)C)C(C)C)[C@@H](C)O)C(=O)N[C@@H](C)C(=O)N[C@@H](CC(=O)O)C(=O)N[C@@H](CC(C)C)C(=O)N[C@@H](CCCCN)C(=O)O. The normalized spacial score (nSPS) is 16.2. The van der Waals surface area contributed by atoms with Crippen molar-refractivity contribution >= 4 is 142 Å². The van der Waals surface area contributed by atoms with Gasteiger partial charge < -0.3 is 155 Å². The van der Waals surface area contributed by atoms with E-state index in [2.05, 4.69) is 90.4 Å². The van der Waals surface area contributed by atoms with Crippen molar-refractivity contribution in [2.24, 2.45) is 52.3 Å². The van der Waals surface area contributed by atoms with Crippen molar-refractivity contribution < 1.29 is 141 Å². The number of primary amides is 2. The van der Waals surface area contributed by atoms with Crippen molar-refractivity contribution in [2.45, 2.75) is 288 Å². The van der Waals surface area contributed by atoms with Gasteiger partial charge in [0.2, 0.25) is 112 Å². The van der Waals surface area contributed by atoms with Crippen LogP contribution in [0.2, 0.25) is 0 Å². The first-order valence-corrected chi connectivity index (χ1v) is 42.4. The summed E-state index contributed by atoms with van der Waals surface area (Å²) in [5.41, 5.74) is 27.3. The van der Waals surface area contributed by atoms with Crippen LogP contribution in [0.1, 0.15) is 179 Å². The van der Waals surface area contributed by atoms with E-state index in [1.165, 1.54) is 41.5 Å². The lowest BCUT2D eigenvalue weighted by atomic mass is 10.0. The van der Waals surface area contributed by atoms with Crippen molar-refractivity contribution in [3.05, 3.63) is 0 Å². The first kappa shape index (κ1) is 116. The molecule has 0 aliphatic carbocycles. The molecular weight excluding hydrogens is 1740 g/mol. The standard InChI is InChI=1S/C78H132N24O29/c1-33(2)25-44(65(118)89-37(9)62(115)94-48(29-56(111)112)68(121)95-45(26-34(3)4)66(119)93-43(77(130)131)17-13-14-22-79)90-53(107)31-86-71(124)50-19-16-24-102(50)76(129)42(18-15-23-85-78(83)84)92-67(120)49(30-57(113)114)97-74(127)60(39(11)103)101-69(122)46(27-52(82)106)96-73(126)59(36(7)8)98-70(123)47(28-55(109)110)91-54(108)32-87-72(125)58(35(5)6)99-75(128)61(40(12)104)100-63(116)38(10)88-64(117)41(80)20-21-51(81)105/h33-50,58-61,103-104H,13-32,79-80H2,1-12H3,(H2,81,105)(H2,82,106)(H,86,124)(H,87,125)(H,88,117)(H,89,118)(H,90,107)(H,91,108)(H,92,120)(H,93,119)(H,94,115)(H,95,121)(H,96,126)(H,97,127)(H,98,123)(H,99,128)(H,100,116)(H,101,122)(H,109,110)(H,111,112)(H,113,114)(H,130,131)(H4,83,84,85)/t37-,38-,39+,40+,41-,42-,43-,44-,45-,46-,47-,48-,49-,50-,58-,59-,60-,61-/m0/s1. The van der Waals surface area contributed by atoms with Crippen molar-refractivity contribution in [2.75, 3.05) is 32.7 Å². The van der Waals surface area contributed by atoms with Crippen LogP contribution in [0, 0.1) is 29.1 Å². The predicted molar refractivity (Wildman–Crippen MR) is 458 cm³/mol. The average Bonchev–Trinajstić information content (AvgIpc) is 1.73. The third-order valence-electron chi connectivity index (χ3n) is 19.8. The summed E-state index contributed by atoms with van der Waals surface area (Å²) in [6.45, 7) is 14.9. The summed E-state index contributed by atoms with van der Waals surface area (Å²) in [4.78, 5) is 306. The molecule has 1 aliphatic rings. The molecule has 1 fully saturated rings. The summed E-state index contributed by atoms with van der Waals surface area (Å²) >= 11 is 0. The first-order valence-electron chi connectivity index (χ1n) is 42.4. The van der Waals surface area contributed by atoms with Crippen LogP contribution in [0.5, 0.6) is 0 Å². The van der Waals surface area contributed by atoms with Crippen LogP contribution in [-0.4, -0.2) is 319 Å². The lowest BCUT2D eigenvalue weighted by molar-refractivity contribution is -0.144. The summed E-state index contributed by atoms with van der Waals surface area (Å²) in [6, 6.07) is -26.9. The number of hydrogen-bond donors (Lipinski definition) is 29. The monoisotopic (exact) mass is 1870 g/mol. The molecule has 0 aromatic rings. The zero-order valence-electron chi connectivity index (χ0n) is 75.3. The molecule has 131 heavy (non-hydrogen) atoms. The Morgan fingerprint density at radius 2 is 0.748 bits per heavy atom. The van der Waals surface area contributed by atoms with Gasteiger partial charge in [-0.1, -0.05) is 55.4 Å². The highest BCUT2D eigenvalue weighted by atomic mass is 16.4. The lowest BCUT2D eigenvalue weighted by Gasteiger charge is -2.30. The molecule has 34 N–H and O–H groups in total. The summed E-state index contributed by atoms with van der Waals surface area (Å²) in [5.74, 6) is -30.6. The highest BCUT2D eigenvalue weighted by Crippen LogP contribution is 2.21. The second kappa shape index (κ2) is 57.8. The minimum Gasteiger partial charge on any atom is -0.481 e. The van der Waals surface area contributed by atoms with E-state index < -0.39 is 302 Å². The highest BCUT2D eigenvalue weighted by molar-refractivity contribution is 6.03. The van der Waals surface area contributed by atoms with Gasteiger partial charge in [0.1, 0.15) is 90.6 Å².